The molecule has 1 N–H and O–H groups in total. The third kappa shape index (κ3) is 5.88. The van der Waals surface area contributed by atoms with Crippen LogP contribution in [-0.4, -0.2) is 56.4 Å². The Labute approximate surface area is 140 Å². The van der Waals surface area contributed by atoms with Crippen LogP contribution in [0.2, 0.25) is 10.0 Å². The van der Waals surface area contributed by atoms with E-state index < -0.39 is 5.97 Å². The summed E-state index contributed by atoms with van der Waals surface area (Å²) in [5, 5.41) is 9.28. The molecule has 1 aromatic rings. The Morgan fingerprint density at radius 3 is 2.48 bits per heavy atom. The fourth-order valence-corrected chi connectivity index (χ4v) is 2.03. The van der Waals surface area contributed by atoms with Crippen LogP contribution < -0.4 is 4.74 Å². The Bertz CT molecular complexity index is 471. The molecule has 0 atom stereocenters. The van der Waals surface area contributed by atoms with E-state index >= 15 is 0 Å². The molecule has 0 radical (unpaired) electrons. The van der Waals surface area contributed by atoms with Gasteiger partial charge < -0.3 is 19.5 Å². The Morgan fingerprint density at radius 2 is 1.90 bits per heavy atom. The van der Waals surface area contributed by atoms with Gasteiger partial charge in [-0.25, -0.2) is 4.79 Å². The van der Waals surface area contributed by atoms with Crippen LogP contribution in [0.3, 0.4) is 0 Å². The molecule has 0 saturated carbocycles. The summed E-state index contributed by atoms with van der Waals surface area (Å²) in [5.74, 6) is -0.389. The first-order valence-corrected chi connectivity index (χ1v) is 6.75. The molecule has 0 aliphatic carbocycles. The summed E-state index contributed by atoms with van der Waals surface area (Å²) < 4.78 is 10.2. The van der Waals surface area contributed by atoms with Crippen molar-refractivity contribution >= 4 is 41.6 Å². The quantitative estimate of drug-likeness (QED) is 0.759. The van der Waals surface area contributed by atoms with Crippen LogP contribution in [0.1, 0.15) is 10.4 Å². The number of halogens is 3. The topological polar surface area (TPSA) is 59.0 Å². The minimum absolute atomic E-state index is 0. The maximum Gasteiger partial charge on any atom is 0.343 e. The minimum atomic E-state index is -0.591. The van der Waals surface area contributed by atoms with Gasteiger partial charge in [-0.15, -0.1) is 12.4 Å². The predicted octanol–water partition coefficient (Wildman–Crippen LogP) is 2.50. The summed E-state index contributed by atoms with van der Waals surface area (Å²) in [6.07, 6.45) is 0. The lowest BCUT2D eigenvalue weighted by Crippen LogP contribution is -2.27. The SMILES string of the molecule is COc1c(Cl)ccc(Cl)c1C(=O)OCCN(C)CCO.Cl. The van der Waals surface area contributed by atoms with Crippen LogP contribution in [0.25, 0.3) is 0 Å². The molecule has 0 aliphatic heterocycles. The lowest BCUT2D eigenvalue weighted by Gasteiger charge is -2.16. The number of esters is 1. The number of hydrogen-bond acceptors (Lipinski definition) is 5. The Kier molecular flexibility index (Phi) is 9.74. The number of rotatable bonds is 7. The molecule has 0 fully saturated rings. The van der Waals surface area contributed by atoms with Crippen LogP contribution in [0.4, 0.5) is 0 Å². The number of aliphatic hydroxyl groups is 1. The van der Waals surface area contributed by atoms with Crippen molar-refractivity contribution in [2.75, 3.05) is 40.5 Å². The van der Waals surface area contributed by atoms with Gasteiger partial charge in [-0.2, -0.15) is 0 Å². The fraction of sp³-hybridized carbons (Fsp3) is 0.462. The smallest absolute Gasteiger partial charge is 0.343 e. The molecule has 0 unspecified atom stereocenters. The van der Waals surface area contributed by atoms with Gasteiger partial charge in [-0.05, 0) is 19.2 Å². The molecule has 0 saturated heterocycles. The van der Waals surface area contributed by atoms with Crippen LogP contribution >= 0.6 is 35.6 Å². The lowest BCUT2D eigenvalue weighted by molar-refractivity contribution is 0.0464. The summed E-state index contributed by atoms with van der Waals surface area (Å²) in [4.78, 5) is 13.9. The van der Waals surface area contributed by atoms with Gasteiger partial charge in [0.05, 0.1) is 23.8 Å². The van der Waals surface area contributed by atoms with Crippen LogP contribution in [0.5, 0.6) is 5.75 Å². The summed E-state index contributed by atoms with van der Waals surface area (Å²) in [5.41, 5.74) is 0.117. The Hall–Kier alpha value is -0.720. The molecule has 120 valence electrons. The molecule has 1 aromatic carbocycles. The highest BCUT2D eigenvalue weighted by Crippen LogP contribution is 2.34. The van der Waals surface area contributed by atoms with Gasteiger partial charge in [-0.1, -0.05) is 23.2 Å². The van der Waals surface area contributed by atoms with Crippen molar-refractivity contribution < 1.29 is 19.4 Å². The highest BCUT2D eigenvalue weighted by molar-refractivity contribution is 6.37. The molecule has 0 bridgehead atoms. The van der Waals surface area contributed by atoms with E-state index in [9.17, 15) is 4.79 Å². The zero-order chi connectivity index (χ0) is 15.1. The Balaban J connectivity index is 0.00000400. The largest absolute Gasteiger partial charge is 0.494 e. The molecular formula is C13H18Cl3NO4. The number of benzene rings is 1. The molecule has 0 aliphatic rings. The van der Waals surface area contributed by atoms with Gasteiger partial charge in [0.15, 0.2) is 5.75 Å². The monoisotopic (exact) mass is 357 g/mol. The average Bonchev–Trinajstić information content (AvgIpc) is 2.41. The number of carbonyl (C=O) groups excluding carboxylic acids is 1. The maximum atomic E-state index is 12.0. The maximum absolute atomic E-state index is 12.0. The van der Waals surface area contributed by atoms with Crippen LogP contribution in [-0.2, 0) is 4.74 Å². The van der Waals surface area contributed by atoms with E-state index in [-0.39, 0.29) is 42.0 Å². The van der Waals surface area contributed by atoms with Crippen molar-refractivity contribution in [3.05, 3.63) is 27.7 Å². The van der Waals surface area contributed by atoms with Crippen molar-refractivity contribution in [2.45, 2.75) is 0 Å². The van der Waals surface area contributed by atoms with Gasteiger partial charge in [-0.3, -0.25) is 0 Å². The van der Waals surface area contributed by atoms with E-state index in [2.05, 4.69) is 0 Å². The molecule has 1 rings (SSSR count). The standard InChI is InChI=1S/C13H17Cl2NO4.ClH/c1-16(5-7-17)6-8-20-13(18)11-9(14)3-4-10(15)12(11)19-2;/h3-4,17H,5-8H2,1-2H3;1H. The van der Waals surface area contributed by atoms with Crippen molar-refractivity contribution in [1.29, 1.82) is 0 Å². The second-order valence-corrected chi connectivity index (χ2v) is 4.91. The molecule has 0 spiro atoms. The zero-order valence-corrected chi connectivity index (χ0v) is 14.1. The predicted molar refractivity (Wildman–Crippen MR) is 85.1 cm³/mol. The van der Waals surface area contributed by atoms with Crippen molar-refractivity contribution in [3.8, 4) is 5.75 Å². The third-order valence-electron chi connectivity index (χ3n) is 2.65. The molecule has 0 aromatic heterocycles. The van der Waals surface area contributed by atoms with Gasteiger partial charge >= 0.3 is 5.97 Å². The van der Waals surface area contributed by atoms with Crippen molar-refractivity contribution in [1.82, 2.24) is 4.90 Å². The van der Waals surface area contributed by atoms with Crippen molar-refractivity contribution in [2.24, 2.45) is 0 Å². The molecule has 8 heteroatoms. The first kappa shape index (κ1) is 20.3. The second-order valence-electron chi connectivity index (χ2n) is 4.10. The van der Waals surface area contributed by atoms with E-state index in [4.69, 9.17) is 37.8 Å². The van der Waals surface area contributed by atoms with E-state index in [0.29, 0.717) is 18.1 Å². The molecule has 21 heavy (non-hydrogen) atoms. The van der Waals surface area contributed by atoms with E-state index in [1.54, 1.807) is 6.07 Å². The number of methoxy groups -OCH3 is 1. The van der Waals surface area contributed by atoms with Crippen LogP contribution in [0, 0.1) is 0 Å². The summed E-state index contributed by atoms with van der Waals surface area (Å²) in [7, 11) is 3.22. The minimum Gasteiger partial charge on any atom is -0.494 e. The fourth-order valence-electron chi connectivity index (χ4n) is 1.57. The normalized spacial score (nSPS) is 10.2. The zero-order valence-electron chi connectivity index (χ0n) is 11.8. The highest BCUT2D eigenvalue weighted by atomic mass is 35.5. The van der Waals surface area contributed by atoms with Gasteiger partial charge in [0.25, 0.3) is 0 Å². The number of likely N-dealkylation sites (N-methyl/N-ethyl adjacent to an activating group) is 1. The van der Waals surface area contributed by atoms with Gasteiger partial charge in [0, 0.05) is 13.1 Å². The average molecular weight is 359 g/mol. The number of aliphatic hydroxyl groups excluding tert-OH is 1. The first-order valence-electron chi connectivity index (χ1n) is 5.99. The molecular weight excluding hydrogens is 341 g/mol. The van der Waals surface area contributed by atoms with Crippen LogP contribution in [0.15, 0.2) is 12.1 Å². The molecule has 0 amide bonds. The number of nitrogens with zero attached hydrogens (tertiary/aromatic N) is 1. The highest BCUT2D eigenvalue weighted by Gasteiger charge is 2.20. The first-order chi connectivity index (χ1) is 9.51. The molecule has 0 heterocycles. The van der Waals surface area contributed by atoms with Crippen molar-refractivity contribution in [3.63, 3.8) is 0 Å². The van der Waals surface area contributed by atoms with Gasteiger partial charge in [0.2, 0.25) is 0 Å². The Morgan fingerprint density at radius 1 is 1.29 bits per heavy atom. The van der Waals surface area contributed by atoms with E-state index in [1.807, 2.05) is 11.9 Å². The molecule has 5 nitrogen and oxygen atoms in total. The van der Waals surface area contributed by atoms with Gasteiger partial charge in [0.1, 0.15) is 12.2 Å². The number of ether oxygens (including phenoxy) is 2. The number of hydrogen-bond donors (Lipinski definition) is 1. The summed E-state index contributed by atoms with van der Waals surface area (Å²) >= 11 is 11.9. The third-order valence-corrected chi connectivity index (χ3v) is 3.27. The van der Waals surface area contributed by atoms with E-state index in [0.717, 1.165) is 0 Å². The second kappa shape index (κ2) is 10.1. The summed E-state index contributed by atoms with van der Waals surface area (Å²) in [6, 6.07) is 3.06. The summed E-state index contributed by atoms with van der Waals surface area (Å²) in [6.45, 7) is 1.26. The lowest BCUT2D eigenvalue weighted by atomic mass is 10.2. The number of carbonyl (C=O) groups is 1. The van der Waals surface area contributed by atoms with E-state index in [1.165, 1.54) is 13.2 Å².